The van der Waals surface area contributed by atoms with Crippen molar-refractivity contribution in [1.29, 1.82) is 0 Å². The minimum absolute atomic E-state index is 0.104. The van der Waals surface area contributed by atoms with Gasteiger partial charge in [0.2, 0.25) is 0 Å². The minimum Gasteiger partial charge on any atom is -0.399 e. The Morgan fingerprint density at radius 1 is 1.25 bits per heavy atom. The second-order valence-electron chi connectivity index (χ2n) is 4.97. The number of anilines is 2. The number of rotatable bonds is 1. The molecule has 20 heavy (non-hydrogen) atoms. The van der Waals surface area contributed by atoms with Gasteiger partial charge in [-0.15, -0.1) is 0 Å². The molecule has 0 radical (unpaired) electrons. The Kier molecular flexibility index (Phi) is 2.92. The Morgan fingerprint density at radius 3 is 2.30 bits per heavy atom. The fourth-order valence-electron chi connectivity index (χ4n) is 1.94. The van der Waals surface area contributed by atoms with Crippen LogP contribution >= 0.6 is 0 Å². The highest BCUT2D eigenvalue weighted by Crippen LogP contribution is 2.39. The largest absolute Gasteiger partial charge is 0.418 e. The number of nitrogens with zero attached hydrogens (tertiary/aromatic N) is 1. The normalized spacial score (nSPS) is 18.4. The van der Waals surface area contributed by atoms with Gasteiger partial charge in [-0.3, -0.25) is 4.79 Å². The zero-order valence-corrected chi connectivity index (χ0v) is 10.7. The summed E-state index contributed by atoms with van der Waals surface area (Å²) in [6.07, 6.45) is -4.72. The lowest BCUT2D eigenvalue weighted by molar-refractivity contribution is -0.137. The van der Waals surface area contributed by atoms with Crippen LogP contribution in [0.5, 0.6) is 0 Å². The van der Waals surface area contributed by atoms with E-state index in [1.54, 1.807) is 0 Å². The Labute approximate surface area is 112 Å². The molecule has 0 bridgehead atoms. The molecule has 108 valence electrons. The van der Waals surface area contributed by atoms with Crippen LogP contribution in [-0.2, 0) is 11.0 Å². The molecule has 2 rings (SSSR count). The van der Waals surface area contributed by atoms with Gasteiger partial charge in [-0.25, -0.2) is 9.69 Å². The van der Waals surface area contributed by atoms with Crippen LogP contribution in [-0.4, -0.2) is 17.5 Å². The smallest absolute Gasteiger partial charge is 0.399 e. The molecule has 3 amide bonds. The van der Waals surface area contributed by atoms with E-state index < -0.39 is 34.9 Å². The number of nitrogens with two attached hydrogens (primary N) is 1. The summed E-state index contributed by atoms with van der Waals surface area (Å²) in [6.45, 7) is 2.83. The molecule has 5 nitrogen and oxygen atoms in total. The first-order chi connectivity index (χ1) is 9.04. The van der Waals surface area contributed by atoms with Crippen LogP contribution in [0.1, 0.15) is 19.4 Å². The summed E-state index contributed by atoms with van der Waals surface area (Å²) in [6, 6.07) is 2.02. The van der Waals surface area contributed by atoms with Gasteiger partial charge in [0, 0.05) is 5.69 Å². The van der Waals surface area contributed by atoms with Crippen LogP contribution in [0.4, 0.5) is 29.3 Å². The average molecular weight is 287 g/mol. The Hall–Kier alpha value is -2.25. The van der Waals surface area contributed by atoms with Crippen LogP contribution in [0.15, 0.2) is 18.2 Å². The zero-order chi connectivity index (χ0) is 15.3. The summed E-state index contributed by atoms with van der Waals surface area (Å²) in [5.41, 5.74) is 2.33. The second-order valence-corrected chi connectivity index (χ2v) is 4.97. The van der Waals surface area contributed by atoms with Crippen molar-refractivity contribution < 1.29 is 22.8 Å². The summed E-state index contributed by atoms with van der Waals surface area (Å²) >= 11 is 0. The molecule has 0 aromatic heterocycles. The summed E-state index contributed by atoms with van der Waals surface area (Å²) in [5.74, 6) is -0.752. The zero-order valence-electron chi connectivity index (χ0n) is 10.7. The minimum atomic E-state index is -4.72. The van der Waals surface area contributed by atoms with Crippen LogP contribution in [0.3, 0.4) is 0 Å². The first-order valence-corrected chi connectivity index (χ1v) is 5.67. The monoisotopic (exact) mass is 287 g/mol. The molecule has 1 heterocycles. The summed E-state index contributed by atoms with van der Waals surface area (Å²) in [7, 11) is 0. The fourth-order valence-corrected chi connectivity index (χ4v) is 1.94. The number of carbonyl (C=O) groups is 2. The molecular weight excluding hydrogens is 275 g/mol. The van der Waals surface area contributed by atoms with Gasteiger partial charge in [0.05, 0.1) is 11.3 Å². The Morgan fingerprint density at radius 2 is 1.85 bits per heavy atom. The lowest BCUT2D eigenvalue weighted by Gasteiger charge is -2.20. The van der Waals surface area contributed by atoms with Gasteiger partial charge in [0.15, 0.2) is 0 Å². The topological polar surface area (TPSA) is 75.4 Å². The van der Waals surface area contributed by atoms with Gasteiger partial charge in [-0.2, -0.15) is 13.2 Å². The molecule has 0 spiro atoms. The third kappa shape index (κ3) is 2.17. The molecule has 8 heteroatoms. The van der Waals surface area contributed by atoms with Crippen molar-refractivity contribution in [2.24, 2.45) is 0 Å². The van der Waals surface area contributed by atoms with E-state index in [9.17, 15) is 22.8 Å². The number of hydrogen-bond donors (Lipinski definition) is 2. The van der Waals surface area contributed by atoms with Crippen molar-refractivity contribution in [2.45, 2.75) is 25.6 Å². The van der Waals surface area contributed by atoms with E-state index in [-0.39, 0.29) is 5.69 Å². The number of nitrogen functional groups attached to an aromatic ring is 1. The van der Waals surface area contributed by atoms with Crippen LogP contribution in [0, 0.1) is 0 Å². The van der Waals surface area contributed by atoms with Gasteiger partial charge in [0.1, 0.15) is 5.54 Å². The molecule has 1 saturated heterocycles. The lowest BCUT2D eigenvalue weighted by atomic mass is 10.1. The van der Waals surface area contributed by atoms with Crippen molar-refractivity contribution in [3.63, 3.8) is 0 Å². The molecule has 0 aliphatic carbocycles. The highest BCUT2D eigenvalue weighted by atomic mass is 19.4. The van der Waals surface area contributed by atoms with E-state index in [2.05, 4.69) is 5.32 Å². The molecule has 0 saturated carbocycles. The number of nitrogens with one attached hydrogen (secondary N) is 1. The summed E-state index contributed by atoms with van der Waals surface area (Å²) in [4.78, 5) is 24.3. The van der Waals surface area contributed by atoms with Gasteiger partial charge in [0.25, 0.3) is 5.91 Å². The van der Waals surface area contributed by atoms with E-state index in [0.717, 1.165) is 6.07 Å². The fraction of sp³-hybridized carbons (Fsp3) is 0.333. The van der Waals surface area contributed by atoms with E-state index in [1.807, 2.05) is 0 Å². The molecule has 0 unspecified atom stereocenters. The average Bonchev–Trinajstić information content (AvgIpc) is 2.48. The number of urea groups is 1. The Balaban J connectivity index is 2.60. The molecule has 1 aliphatic rings. The maximum Gasteiger partial charge on any atom is 0.418 e. The van der Waals surface area contributed by atoms with Crippen molar-refractivity contribution in [2.75, 3.05) is 10.6 Å². The predicted molar refractivity (Wildman–Crippen MR) is 66.0 cm³/mol. The van der Waals surface area contributed by atoms with Gasteiger partial charge in [-0.1, -0.05) is 0 Å². The second kappa shape index (κ2) is 4.12. The van der Waals surface area contributed by atoms with Crippen LogP contribution < -0.4 is 16.0 Å². The van der Waals surface area contributed by atoms with Crippen molar-refractivity contribution in [3.8, 4) is 0 Å². The third-order valence-corrected chi connectivity index (χ3v) is 2.93. The van der Waals surface area contributed by atoms with Gasteiger partial charge in [-0.05, 0) is 32.0 Å². The first-order valence-electron chi connectivity index (χ1n) is 5.67. The predicted octanol–water partition coefficient (Wildman–Crippen LogP) is 2.12. The van der Waals surface area contributed by atoms with Crippen LogP contribution in [0.25, 0.3) is 0 Å². The van der Waals surface area contributed by atoms with Crippen LogP contribution in [0.2, 0.25) is 0 Å². The van der Waals surface area contributed by atoms with E-state index in [4.69, 9.17) is 5.73 Å². The molecule has 0 atom stereocenters. The third-order valence-electron chi connectivity index (χ3n) is 2.93. The Bertz CT molecular complexity index is 596. The first kappa shape index (κ1) is 14.2. The number of imide groups is 1. The summed E-state index contributed by atoms with van der Waals surface area (Å²) < 4.78 is 39.0. The maximum absolute atomic E-state index is 13.0. The SMILES string of the molecule is CC1(C)NC(=O)N(c2ccc(N)cc2C(F)(F)F)C1=O. The van der Waals surface area contributed by atoms with E-state index in [1.165, 1.54) is 19.9 Å². The molecule has 1 aromatic rings. The van der Waals surface area contributed by atoms with Crippen molar-refractivity contribution in [1.82, 2.24) is 5.32 Å². The van der Waals surface area contributed by atoms with Crippen molar-refractivity contribution in [3.05, 3.63) is 23.8 Å². The molecule has 1 aromatic carbocycles. The molecule has 1 fully saturated rings. The van der Waals surface area contributed by atoms with Gasteiger partial charge >= 0.3 is 12.2 Å². The molecule has 3 N–H and O–H groups in total. The number of benzene rings is 1. The van der Waals surface area contributed by atoms with Crippen molar-refractivity contribution >= 4 is 23.3 Å². The van der Waals surface area contributed by atoms with Gasteiger partial charge < -0.3 is 11.1 Å². The summed E-state index contributed by atoms with van der Waals surface area (Å²) in [5, 5.41) is 2.32. The molecule has 1 aliphatic heterocycles. The maximum atomic E-state index is 13.0. The van der Waals surface area contributed by atoms with E-state index in [0.29, 0.717) is 11.0 Å². The number of carbonyl (C=O) groups excluding carboxylic acids is 2. The quantitative estimate of drug-likeness (QED) is 0.613. The highest BCUT2D eigenvalue weighted by molar-refractivity contribution is 6.23. The van der Waals surface area contributed by atoms with E-state index >= 15 is 0 Å². The number of alkyl halides is 3. The highest BCUT2D eigenvalue weighted by Gasteiger charge is 2.48. The standard InChI is InChI=1S/C12H12F3N3O2/c1-11(2)9(19)18(10(20)17-11)8-4-3-6(16)5-7(8)12(13,14)15/h3-5H,16H2,1-2H3,(H,17,20). The lowest BCUT2D eigenvalue weighted by Crippen LogP contribution is -2.40. The molecular formula is C12H12F3N3O2. The number of amides is 3. The number of hydrogen-bond acceptors (Lipinski definition) is 3. The number of halogens is 3.